The van der Waals surface area contributed by atoms with Gasteiger partial charge in [-0.15, -0.1) is 0 Å². The number of fused-ring (bicyclic) bond motifs is 1. The molecule has 0 saturated carbocycles. The molecule has 0 radical (unpaired) electrons. The standard InChI is InChI=1S/C50H72N6O13/c1-7-9-16-32(26-42(58)37(19-10-8-2)53-46(63)33(17-11-14-22-45(62)69-6)27-43(59)38(28-44(60)61)52-31(5)57)47(64)54-39(24-30(3)4)49(66)56-23-15-21-41(56)48(65)55-40(50(67)68)25-34-29-51-36-20-13-12-18-35(34)36/h12-14,18,20,22,29-30,32-33,37-41,51H,7-11,15-17,19,21,23-28H2,1-6H3,(H,52,57)(H,53,63)(H,54,64)(H,55,65)(H,60,61)(H,67,68)/b22-14+/t32-,33-,37+,38-,39+,40+,41+/m1/s1. The van der Waals surface area contributed by atoms with Crippen molar-refractivity contribution in [2.45, 2.75) is 161 Å². The number of carbonyl (C=O) groups excluding carboxylic acids is 8. The number of amides is 5. The minimum absolute atomic E-state index is 0.00390. The van der Waals surface area contributed by atoms with Crippen molar-refractivity contribution in [3.05, 3.63) is 48.2 Å². The van der Waals surface area contributed by atoms with Crippen LogP contribution in [0.25, 0.3) is 10.9 Å². The number of hydrogen-bond donors (Lipinski definition) is 7. The molecule has 7 atom stereocenters. The highest BCUT2D eigenvalue weighted by Crippen LogP contribution is 2.25. The number of ketones is 2. The second kappa shape index (κ2) is 28.8. The SMILES string of the molecule is CCCC[C@H](CC(=O)[C@H](CCCC)NC(=O)[C@H](CC/C=C/C(=O)OC)CC(=O)[C@@H](CC(=O)O)NC(C)=O)C(=O)N[C@@H](CC(C)C)C(=O)N1CCC[C@H]1C(=O)N[C@@H](Cc1c[nH]c2ccccc12)C(=O)O. The Kier molecular flexibility index (Phi) is 23.8. The zero-order valence-electron chi connectivity index (χ0n) is 40.8. The van der Waals surface area contributed by atoms with Crippen LogP contribution in [0, 0.1) is 17.8 Å². The number of Topliss-reactive ketones (excluding diaryl/α,β-unsaturated/α-hetero) is 2. The molecule has 2 heterocycles. The number of allylic oxidation sites excluding steroid dienone is 1. The number of carboxylic acids is 2. The summed E-state index contributed by atoms with van der Waals surface area (Å²) in [5, 5.41) is 31.0. The van der Waals surface area contributed by atoms with Crippen LogP contribution in [0.15, 0.2) is 42.6 Å². The van der Waals surface area contributed by atoms with Crippen LogP contribution >= 0.6 is 0 Å². The number of ether oxygens (including phenoxy) is 1. The minimum Gasteiger partial charge on any atom is -0.481 e. The first-order valence-corrected chi connectivity index (χ1v) is 24.1. The van der Waals surface area contributed by atoms with E-state index in [1.807, 2.05) is 52.0 Å². The second-order valence-corrected chi connectivity index (χ2v) is 18.3. The van der Waals surface area contributed by atoms with E-state index in [4.69, 9.17) is 0 Å². The van der Waals surface area contributed by atoms with Crippen LogP contribution in [0.3, 0.4) is 0 Å². The molecule has 1 aromatic heterocycles. The summed E-state index contributed by atoms with van der Waals surface area (Å²) in [6.07, 6.45) is 6.84. The Labute approximate surface area is 403 Å². The van der Waals surface area contributed by atoms with Gasteiger partial charge < -0.3 is 46.1 Å². The molecular formula is C50H72N6O13. The Bertz CT molecular complexity index is 2130. The summed E-state index contributed by atoms with van der Waals surface area (Å²) in [5.74, 6) is -9.47. The van der Waals surface area contributed by atoms with Gasteiger partial charge in [0.25, 0.3) is 0 Å². The van der Waals surface area contributed by atoms with Gasteiger partial charge in [-0.3, -0.25) is 38.4 Å². The molecule has 19 nitrogen and oxygen atoms in total. The molecule has 3 rings (SSSR count). The normalized spacial score (nSPS) is 16.2. The first kappa shape index (κ1) is 56.9. The van der Waals surface area contributed by atoms with Crippen molar-refractivity contribution in [1.29, 1.82) is 0 Å². The average molecular weight is 965 g/mol. The van der Waals surface area contributed by atoms with Gasteiger partial charge in [0, 0.05) is 67.7 Å². The smallest absolute Gasteiger partial charge is 0.330 e. The van der Waals surface area contributed by atoms with Gasteiger partial charge in [0.15, 0.2) is 11.6 Å². The van der Waals surface area contributed by atoms with Crippen LogP contribution in [0.4, 0.5) is 0 Å². The fourth-order valence-electron chi connectivity index (χ4n) is 8.57. The van der Waals surface area contributed by atoms with E-state index in [-0.39, 0.29) is 63.8 Å². The molecule has 0 unspecified atom stereocenters. The molecule has 0 aliphatic carbocycles. The third kappa shape index (κ3) is 18.6. The number of H-pyrrole nitrogens is 1. The van der Waals surface area contributed by atoms with Gasteiger partial charge in [-0.2, -0.15) is 0 Å². The molecule has 1 fully saturated rings. The Morgan fingerprint density at radius 1 is 0.797 bits per heavy atom. The number of nitrogens with zero attached hydrogens (tertiary/aromatic N) is 1. The summed E-state index contributed by atoms with van der Waals surface area (Å²) in [6.45, 7) is 8.92. The maximum Gasteiger partial charge on any atom is 0.330 e. The largest absolute Gasteiger partial charge is 0.481 e. The summed E-state index contributed by atoms with van der Waals surface area (Å²) in [4.78, 5) is 136. The predicted octanol–water partition coefficient (Wildman–Crippen LogP) is 4.31. The minimum atomic E-state index is -1.41. The number of rotatable bonds is 31. The Hall–Kier alpha value is -6.40. The van der Waals surface area contributed by atoms with Gasteiger partial charge in [0.2, 0.25) is 29.5 Å². The summed E-state index contributed by atoms with van der Waals surface area (Å²) >= 11 is 0. The van der Waals surface area contributed by atoms with Crippen LogP contribution in [0.1, 0.15) is 130 Å². The summed E-state index contributed by atoms with van der Waals surface area (Å²) < 4.78 is 4.62. The number of methoxy groups -OCH3 is 1. The number of unbranched alkanes of at least 4 members (excludes halogenated alkanes) is 2. The third-order valence-electron chi connectivity index (χ3n) is 12.2. The Morgan fingerprint density at radius 2 is 1.42 bits per heavy atom. The number of para-hydroxylation sites is 1. The number of likely N-dealkylation sites (tertiary alicyclic amines) is 1. The summed E-state index contributed by atoms with van der Waals surface area (Å²) in [6, 6.07) is 1.58. The van der Waals surface area contributed by atoms with E-state index < -0.39 is 114 Å². The lowest BCUT2D eigenvalue weighted by molar-refractivity contribution is -0.145. The van der Waals surface area contributed by atoms with Crippen LogP contribution in [-0.2, 0) is 59.1 Å². The Balaban J connectivity index is 1.82. The number of aromatic amines is 1. The molecule has 19 heteroatoms. The molecule has 1 saturated heterocycles. The van der Waals surface area contributed by atoms with E-state index in [9.17, 15) is 58.2 Å². The Morgan fingerprint density at radius 3 is 2.03 bits per heavy atom. The number of aliphatic carboxylic acids is 2. The van der Waals surface area contributed by atoms with E-state index in [0.29, 0.717) is 37.7 Å². The lowest BCUT2D eigenvalue weighted by Crippen LogP contribution is -2.56. The van der Waals surface area contributed by atoms with E-state index in [0.717, 1.165) is 23.9 Å². The fourth-order valence-corrected chi connectivity index (χ4v) is 8.57. The van der Waals surface area contributed by atoms with Crippen molar-refractivity contribution in [3.8, 4) is 0 Å². The van der Waals surface area contributed by atoms with Crippen LogP contribution in [0.5, 0.6) is 0 Å². The number of benzene rings is 1. The summed E-state index contributed by atoms with van der Waals surface area (Å²) in [7, 11) is 1.20. The molecule has 380 valence electrons. The van der Waals surface area contributed by atoms with E-state index in [1.165, 1.54) is 18.1 Å². The van der Waals surface area contributed by atoms with Crippen LogP contribution in [-0.4, -0.2) is 123 Å². The lowest BCUT2D eigenvalue weighted by atomic mass is 9.89. The van der Waals surface area contributed by atoms with Gasteiger partial charge in [0.05, 0.1) is 25.6 Å². The highest BCUT2D eigenvalue weighted by Gasteiger charge is 2.40. The zero-order chi connectivity index (χ0) is 51.2. The van der Waals surface area contributed by atoms with Gasteiger partial charge in [-0.25, -0.2) is 9.59 Å². The predicted molar refractivity (Wildman–Crippen MR) is 255 cm³/mol. The van der Waals surface area contributed by atoms with Crippen molar-refractivity contribution in [3.63, 3.8) is 0 Å². The molecular weight excluding hydrogens is 893 g/mol. The first-order chi connectivity index (χ1) is 32.8. The summed E-state index contributed by atoms with van der Waals surface area (Å²) in [5.41, 5.74) is 1.53. The maximum atomic E-state index is 14.4. The van der Waals surface area contributed by atoms with E-state index in [2.05, 4.69) is 31.0 Å². The van der Waals surface area contributed by atoms with Crippen LogP contribution in [0.2, 0.25) is 0 Å². The van der Waals surface area contributed by atoms with Gasteiger partial charge >= 0.3 is 17.9 Å². The molecule has 69 heavy (non-hydrogen) atoms. The lowest BCUT2D eigenvalue weighted by Gasteiger charge is -2.31. The van der Waals surface area contributed by atoms with Gasteiger partial charge in [0.1, 0.15) is 18.1 Å². The molecule has 1 aliphatic rings. The number of aromatic nitrogens is 1. The van der Waals surface area contributed by atoms with Gasteiger partial charge in [-0.1, -0.05) is 77.7 Å². The van der Waals surface area contributed by atoms with Crippen molar-refractivity contribution < 1.29 is 62.9 Å². The van der Waals surface area contributed by atoms with E-state index in [1.54, 1.807) is 6.20 Å². The van der Waals surface area contributed by atoms with Crippen molar-refractivity contribution in [2.24, 2.45) is 17.8 Å². The second-order valence-electron chi connectivity index (χ2n) is 18.3. The monoisotopic (exact) mass is 965 g/mol. The zero-order valence-corrected chi connectivity index (χ0v) is 40.8. The molecule has 1 aromatic carbocycles. The number of carboxylic acid groups (broad SMARTS) is 2. The van der Waals surface area contributed by atoms with Crippen molar-refractivity contribution in [2.75, 3.05) is 13.7 Å². The maximum absolute atomic E-state index is 14.4. The highest BCUT2D eigenvalue weighted by atomic mass is 16.5. The molecule has 0 bridgehead atoms. The molecule has 0 spiro atoms. The molecule has 5 amide bonds. The third-order valence-corrected chi connectivity index (χ3v) is 12.2. The van der Waals surface area contributed by atoms with Crippen molar-refractivity contribution >= 4 is 69.9 Å². The number of esters is 1. The number of carbonyl (C=O) groups is 10. The topological polar surface area (TPSA) is 288 Å². The molecule has 7 N–H and O–H groups in total. The number of nitrogens with one attached hydrogen (secondary N) is 5. The van der Waals surface area contributed by atoms with Crippen LogP contribution < -0.4 is 21.3 Å². The highest BCUT2D eigenvalue weighted by molar-refractivity contribution is 5.98. The van der Waals surface area contributed by atoms with Gasteiger partial charge in [-0.05, 0) is 62.5 Å². The van der Waals surface area contributed by atoms with Crippen molar-refractivity contribution in [1.82, 2.24) is 31.2 Å². The number of hydrogen-bond acceptors (Lipinski definition) is 11. The first-order valence-electron chi connectivity index (χ1n) is 24.1. The molecule has 2 aromatic rings. The molecule has 1 aliphatic heterocycles. The average Bonchev–Trinajstić information content (AvgIpc) is 3.96. The quantitative estimate of drug-likeness (QED) is 0.0410. The van der Waals surface area contributed by atoms with E-state index >= 15 is 0 Å². The fraction of sp³-hybridized carbons (Fsp3) is 0.600.